The fourth-order valence-electron chi connectivity index (χ4n) is 5.44. The van der Waals surface area contributed by atoms with Crippen LogP contribution in [0.5, 0.6) is 0 Å². The molecule has 0 saturated heterocycles. The molecule has 1 heterocycles. The lowest BCUT2D eigenvalue weighted by atomic mass is 9.77. The van der Waals surface area contributed by atoms with Crippen molar-refractivity contribution in [3.8, 4) is 0 Å². The molecule has 0 aliphatic carbocycles. The first-order valence-electron chi connectivity index (χ1n) is 13.2. The van der Waals surface area contributed by atoms with Crippen LogP contribution in [0.15, 0.2) is 132 Å². The molecule has 6 heteroatoms. The Morgan fingerprint density at radius 1 is 0.725 bits per heavy atom. The number of nitrogen functional groups attached to an aromatic ring is 1. The van der Waals surface area contributed by atoms with E-state index in [4.69, 9.17) is 10.8 Å². The van der Waals surface area contributed by atoms with Crippen LogP contribution in [0.25, 0.3) is 10.9 Å². The second-order valence-corrected chi connectivity index (χ2v) is 10.6. The molecule has 0 aliphatic rings. The summed E-state index contributed by atoms with van der Waals surface area (Å²) in [5.74, 6) is -0.238. The number of anilines is 1. The highest BCUT2D eigenvalue weighted by molar-refractivity contribution is 9.10. The molecule has 5 aromatic carbocycles. The number of nitrogens with two attached hydrogens (primary N) is 1. The maximum Gasteiger partial charge on any atom is 0.138 e. The number of nitrogens with zero attached hydrogens (tertiary/aromatic N) is 2. The maximum atomic E-state index is 13.3. The third kappa shape index (κ3) is 4.70. The van der Waals surface area contributed by atoms with E-state index in [0.717, 1.165) is 43.3 Å². The lowest BCUT2D eigenvalue weighted by molar-refractivity contribution is 0.473. The summed E-state index contributed by atoms with van der Waals surface area (Å²) in [6, 6.07) is 42.0. The van der Waals surface area contributed by atoms with Gasteiger partial charge in [-0.25, -0.2) is 9.07 Å². The number of hydrogen-bond donors (Lipinski definition) is 2. The second kappa shape index (κ2) is 11.1. The van der Waals surface area contributed by atoms with Gasteiger partial charge in [0.15, 0.2) is 0 Å². The van der Waals surface area contributed by atoms with Gasteiger partial charge in [0.2, 0.25) is 0 Å². The molecule has 0 fully saturated rings. The van der Waals surface area contributed by atoms with Gasteiger partial charge >= 0.3 is 0 Å². The molecule has 6 aromatic rings. The van der Waals surface area contributed by atoms with Crippen molar-refractivity contribution < 1.29 is 4.39 Å². The van der Waals surface area contributed by atoms with Gasteiger partial charge in [-0.05, 0) is 68.0 Å². The number of rotatable bonds is 8. The van der Waals surface area contributed by atoms with E-state index in [0.29, 0.717) is 18.8 Å². The van der Waals surface area contributed by atoms with Crippen molar-refractivity contribution in [1.82, 2.24) is 15.1 Å². The van der Waals surface area contributed by atoms with Gasteiger partial charge in [-0.1, -0.05) is 103 Å². The first-order valence-corrected chi connectivity index (χ1v) is 14.0. The predicted octanol–water partition coefficient (Wildman–Crippen LogP) is 7.65. The van der Waals surface area contributed by atoms with Crippen molar-refractivity contribution in [1.29, 1.82) is 0 Å². The van der Waals surface area contributed by atoms with E-state index < -0.39 is 5.54 Å². The number of nitrogens with one attached hydrogen (secondary N) is 1. The van der Waals surface area contributed by atoms with Crippen LogP contribution in [0.2, 0.25) is 0 Å². The van der Waals surface area contributed by atoms with Crippen LogP contribution in [-0.4, -0.2) is 9.78 Å². The topological polar surface area (TPSA) is 55.9 Å². The van der Waals surface area contributed by atoms with Crippen LogP contribution < -0.4 is 11.1 Å². The number of halogens is 2. The van der Waals surface area contributed by atoms with E-state index in [1.807, 2.05) is 24.3 Å². The highest BCUT2D eigenvalue weighted by Gasteiger charge is 2.40. The summed E-state index contributed by atoms with van der Waals surface area (Å²) in [6.45, 7) is 1.18. The minimum atomic E-state index is -0.747. The van der Waals surface area contributed by atoms with Crippen LogP contribution >= 0.6 is 15.9 Å². The van der Waals surface area contributed by atoms with Crippen molar-refractivity contribution in [2.75, 3.05) is 5.73 Å². The summed E-state index contributed by atoms with van der Waals surface area (Å²) in [7, 11) is 0. The van der Waals surface area contributed by atoms with Crippen molar-refractivity contribution >= 4 is 32.5 Å². The van der Waals surface area contributed by atoms with Gasteiger partial charge in [-0.3, -0.25) is 0 Å². The van der Waals surface area contributed by atoms with Crippen LogP contribution in [0.3, 0.4) is 0 Å². The average Bonchev–Trinajstić information content (AvgIpc) is 3.31. The molecule has 0 atom stereocenters. The molecule has 1 aromatic heterocycles. The summed E-state index contributed by atoms with van der Waals surface area (Å²) in [6.07, 6.45) is 0. The van der Waals surface area contributed by atoms with Gasteiger partial charge in [-0.2, -0.15) is 5.10 Å². The molecule has 0 aliphatic heterocycles. The van der Waals surface area contributed by atoms with Crippen molar-refractivity contribution in [2.24, 2.45) is 0 Å². The standard InChI is InChI=1S/C34H28BrFN4/c35-33-30-20-25(23-38-22-24-16-18-29(36)19-17-24)31(37)21-32(30)40(39-33)34(26-10-4-1-5-11-26,27-12-6-2-7-13-27)28-14-8-3-9-15-28/h1-21,38H,22-23,37H2. The van der Waals surface area contributed by atoms with E-state index in [1.165, 1.54) is 12.1 Å². The van der Waals surface area contributed by atoms with Crippen molar-refractivity contribution in [3.63, 3.8) is 0 Å². The fraction of sp³-hybridized carbons (Fsp3) is 0.0882. The molecule has 40 heavy (non-hydrogen) atoms. The molecular formula is C34H28BrFN4. The zero-order valence-electron chi connectivity index (χ0n) is 21.8. The molecule has 0 unspecified atom stereocenters. The minimum absolute atomic E-state index is 0.238. The molecule has 0 spiro atoms. The normalized spacial score (nSPS) is 11.7. The van der Waals surface area contributed by atoms with Crippen molar-refractivity contribution in [3.05, 3.63) is 166 Å². The van der Waals surface area contributed by atoms with Gasteiger partial charge in [0, 0.05) is 24.2 Å². The van der Waals surface area contributed by atoms with Gasteiger partial charge in [0.1, 0.15) is 16.0 Å². The van der Waals surface area contributed by atoms with Crippen LogP contribution in [0.1, 0.15) is 27.8 Å². The summed E-state index contributed by atoms with van der Waals surface area (Å²) >= 11 is 3.77. The largest absolute Gasteiger partial charge is 0.398 e. The van der Waals surface area contributed by atoms with E-state index >= 15 is 0 Å². The van der Waals surface area contributed by atoms with E-state index in [9.17, 15) is 4.39 Å². The minimum Gasteiger partial charge on any atom is -0.398 e. The average molecular weight is 592 g/mol. The zero-order valence-corrected chi connectivity index (χ0v) is 23.4. The first-order chi connectivity index (χ1) is 19.6. The first kappa shape index (κ1) is 26.0. The third-order valence-corrected chi connectivity index (χ3v) is 7.93. The number of fused-ring (bicyclic) bond motifs is 1. The Hall–Kier alpha value is -4.26. The van der Waals surface area contributed by atoms with Crippen LogP contribution in [0, 0.1) is 5.82 Å². The number of hydrogen-bond acceptors (Lipinski definition) is 3. The van der Waals surface area contributed by atoms with Gasteiger partial charge in [0.25, 0.3) is 0 Å². The molecule has 0 bridgehead atoms. The molecule has 6 rings (SSSR count). The summed E-state index contributed by atoms with van der Waals surface area (Å²) in [5.41, 5.74) is 12.8. The monoisotopic (exact) mass is 590 g/mol. The molecule has 0 saturated carbocycles. The molecule has 4 nitrogen and oxygen atoms in total. The van der Waals surface area contributed by atoms with Gasteiger partial charge < -0.3 is 11.1 Å². The molecule has 198 valence electrons. The van der Waals surface area contributed by atoms with Crippen molar-refractivity contribution in [2.45, 2.75) is 18.6 Å². The predicted molar refractivity (Wildman–Crippen MR) is 163 cm³/mol. The molecule has 3 N–H and O–H groups in total. The van der Waals surface area contributed by atoms with E-state index in [2.05, 4.69) is 105 Å². The quantitative estimate of drug-likeness (QED) is 0.141. The maximum absolute atomic E-state index is 13.3. The van der Waals surface area contributed by atoms with Gasteiger partial charge in [-0.15, -0.1) is 0 Å². The molecule has 0 radical (unpaired) electrons. The fourth-order valence-corrected chi connectivity index (χ4v) is 5.92. The highest BCUT2D eigenvalue weighted by atomic mass is 79.9. The molecular weight excluding hydrogens is 563 g/mol. The Morgan fingerprint density at radius 2 is 1.25 bits per heavy atom. The lowest BCUT2D eigenvalue weighted by Gasteiger charge is -2.37. The Kier molecular flexibility index (Phi) is 7.20. The third-order valence-electron chi connectivity index (χ3n) is 7.35. The highest BCUT2D eigenvalue weighted by Crippen LogP contribution is 2.43. The second-order valence-electron chi connectivity index (χ2n) is 9.81. The van der Waals surface area contributed by atoms with E-state index in [1.54, 1.807) is 12.1 Å². The Bertz CT molecular complexity index is 1640. The molecule has 0 amide bonds. The zero-order chi connectivity index (χ0) is 27.5. The van der Waals surface area contributed by atoms with Gasteiger partial charge in [0.05, 0.1) is 5.52 Å². The lowest BCUT2D eigenvalue weighted by Crippen LogP contribution is -2.38. The van der Waals surface area contributed by atoms with Crippen LogP contribution in [-0.2, 0) is 18.6 Å². The SMILES string of the molecule is Nc1cc2c(cc1CNCc1ccc(F)cc1)c(Br)nn2C(c1ccccc1)(c1ccccc1)c1ccccc1. The van der Waals surface area contributed by atoms with E-state index in [-0.39, 0.29) is 5.82 Å². The summed E-state index contributed by atoms with van der Waals surface area (Å²) < 4.78 is 16.1. The smallest absolute Gasteiger partial charge is 0.138 e. The Balaban J connectivity index is 1.50. The Morgan fingerprint density at radius 3 is 1.77 bits per heavy atom. The Labute approximate surface area is 241 Å². The summed E-state index contributed by atoms with van der Waals surface area (Å²) in [5, 5.41) is 9.54. The number of aromatic nitrogens is 2. The summed E-state index contributed by atoms with van der Waals surface area (Å²) in [4.78, 5) is 0. The van der Waals surface area contributed by atoms with Crippen LogP contribution in [0.4, 0.5) is 10.1 Å². The number of benzene rings is 5.